The van der Waals surface area contributed by atoms with Gasteiger partial charge in [0, 0.05) is 18.7 Å². The van der Waals surface area contributed by atoms with Crippen molar-refractivity contribution < 1.29 is 9.53 Å². The number of H-pyrrole nitrogens is 1. The molecule has 5 rings (SSSR count). The Hall–Kier alpha value is -3.79. The molecule has 0 saturated carbocycles. The Bertz CT molecular complexity index is 1090. The van der Waals surface area contributed by atoms with E-state index in [-0.39, 0.29) is 18.0 Å². The van der Waals surface area contributed by atoms with Crippen LogP contribution in [0.25, 0.3) is 11.3 Å². The Morgan fingerprint density at radius 3 is 2.66 bits per heavy atom. The van der Waals surface area contributed by atoms with Gasteiger partial charge in [-0.15, -0.1) is 0 Å². The van der Waals surface area contributed by atoms with E-state index in [1.54, 1.807) is 11.0 Å². The first-order chi connectivity index (χ1) is 14.2. The molecule has 29 heavy (non-hydrogen) atoms. The number of likely N-dealkylation sites (tertiary alicyclic amines) is 2. The number of rotatable bonds is 4. The second-order valence-electron chi connectivity index (χ2n) is 7.33. The maximum absolute atomic E-state index is 13.0. The van der Waals surface area contributed by atoms with Crippen LogP contribution < -0.4 is 4.74 Å². The van der Waals surface area contributed by atoms with Crippen molar-refractivity contribution in [3.05, 3.63) is 66.4 Å². The molecule has 1 N–H and O–H groups in total. The molecule has 0 spiro atoms. The number of hydrogen-bond acceptors (Lipinski definition) is 5. The van der Waals surface area contributed by atoms with Gasteiger partial charge in [0.15, 0.2) is 6.19 Å². The smallest absolute Gasteiger partial charge is 0.272 e. The molecule has 2 atom stereocenters. The minimum Gasteiger partial charge on any atom is -0.457 e. The highest BCUT2D eigenvalue weighted by Crippen LogP contribution is 2.34. The van der Waals surface area contributed by atoms with Gasteiger partial charge in [-0.25, -0.2) is 0 Å². The van der Waals surface area contributed by atoms with Gasteiger partial charge in [-0.1, -0.05) is 30.3 Å². The van der Waals surface area contributed by atoms with E-state index in [0.717, 1.165) is 17.7 Å². The van der Waals surface area contributed by atoms with Crippen LogP contribution in [0.3, 0.4) is 0 Å². The molecule has 3 heterocycles. The van der Waals surface area contributed by atoms with Crippen molar-refractivity contribution in [1.29, 1.82) is 5.26 Å². The van der Waals surface area contributed by atoms with E-state index in [9.17, 15) is 4.79 Å². The second-order valence-corrected chi connectivity index (χ2v) is 7.33. The lowest BCUT2D eigenvalue weighted by atomic mass is 10.1. The van der Waals surface area contributed by atoms with Gasteiger partial charge < -0.3 is 14.5 Å². The standard InChI is InChI=1S/C22H19N5O2/c23-14-26-12-16-10-15(26)13-27(16)22(28)20-11-19(24-25-20)18-8-4-5-9-21(18)29-17-6-2-1-3-7-17/h1-9,11,15-16H,10,12-13H2,(H,24,25)/t15?,16-/m0/s1. The van der Waals surface area contributed by atoms with Gasteiger partial charge in [0.1, 0.15) is 17.2 Å². The second kappa shape index (κ2) is 6.99. The minimum absolute atomic E-state index is 0.0738. The number of carbonyl (C=O) groups is 1. The van der Waals surface area contributed by atoms with E-state index < -0.39 is 0 Å². The van der Waals surface area contributed by atoms with Crippen molar-refractivity contribution in [3.63, 3.8) is 0 Å². The zero-order valence-electron chi connectivity index (χ0n) is 15.7. The summed E-state index contributed by atoms with van der Waals surface area (Å²) in [6.45, 7) is 1.20. The lowest BCUT2D eigenvalue weighted by Gasteiger charge is -2.30. The number of nitrogens with one attached hydrogen (secondary N) is 1. The van der Waals surface area contributed by atoms with Gasteiger partial charge in [0.05, 0.1) is 17.8 Å². The summed E-state index contributed by atoms with van der Waals surface area (Å²) in [5.74, 6) is 1.34. The zero-order valence-corrected chi connectivity index (χ0v) is 15.7. The molecular weight excluding hydrogens is 366 g/mol. The molecule has 0 radical (unpaired) electrons. The first kappa shape index (κ1) is 17.3. The Morgan fingerprint density at radius 1 is 1.10 bits per heavy atom. The fraction of sp³-hybridized carbons (Fsp3) is 0.227. The molecule has 2 fully saturated rings. The number of hydrogen-bond donors (Lipinski definition) is 1. The van der Waals surface area contributed by atoms with Crippen LogP contribution in [0.2, 0.25) is 0 Å². The number of ether oxygens (including phenoxy) is 1. The van der Waals surface area contributed by atoms with Crippen LogP contribution in [-0.4, -0.2) is 51.1 Å². The highest BCUT2D eigenvalue weighted by molar-refractivity contribution is 5.94. The average Bonchev–Trinajstić information content (AvgIpc) is 3.50. The number of para-hydroxylation sites is 2. The summed E-state index contributed by atoms with van der Waals surface area (Å²) in [5, 5.41) is 16.4. The van der Waals surface area contributed by atoms with E-state index in [1.807, 2.05) is 59.5 Å². The molecule has 7 nitrogen and oxygen atoms in total. The lowest BCUT2D eigenvalue weighted by Crippen LogP contribution is -2.47. The minimum atomic E-state index is -0.0738. The predicted molar refractivity (Wildman–Crippen MR) is 106 cm³/mol. The number of carbonyl (C=O) groups excluding carboxylic acids is 1. The normalized spacial score (nSPS) is 20.0. The fourth-order valence-corrected chi connectivity index (χ4v) is 4.14. The summed E-state index contributed by atoms with van der Waals surface area (Å²) in [6, 6.07) is 19.2. The van der Waals surface area contributed by atoms with Crippen molar-refractivity contribution >= 4 is 5.91 Å². The first-order valence-corrected chi connectivity index (χ1v) is 9.58. The number of aromatic nitrogens is 2. The third kappa shape index (κ3) is 3.09. The van der Waals surface area contributed by atoms with Crippen LogP contribution in [0.1, 0.15) is 16.9 Å². The average molecular weight is 385 g/mol. The summed E-state index contributed by atoms with van der Waals surface area (Å²) in [5.41, 5.74) is 1.92. The van der Waals surface area contributed by atoms with E-state index >= 15 is 0 Å². The SMILES string of the molecule is N#CN1C[C@@H]2CC1CN2C(=O)c1cc(-c2ccccc2Oc2ccccc2)n[nH]1. The van der Waals surface area contributed by atoms with E-state index in [2.05, 4.69) is 16.4 Å². The molecular formula is C22H19N5O2. The third-order valence-electron chi connectivity index (χ3n) is 5.57. The van der Waals surface area contributed by atoms with Gasteiger partial charge in [-0.3, -0.25) is 9.89 Å². The Kier molecular flexibility index (Phi) is 4.17. The zero-order chi connectivity index (χ0) is 19.8. The van der Waals surface area contributed by atoms with Gasteiger partial charge in [0.2, 0.25) is 0 Å². The molecule has 144 valence electrons. The number of nitriles is 1. The van der Waals surface area contributed by atoms with Crippen LogP contribution in [0.15, 0.2) is 60.7 Å². The Morgan fingerprint density at radius 2 is 1.90 bits per heavy atom. The molecule has 2 aliphatic rings. The number of fused-ring (bicyclic) bond motifs is 2. The number of aromatic amines is 1. The summed E-state index contributed by atoms with van der Waals surface area (Å²) in [4.78, 5) is 16.6. The van der Waals surface area contributed by atoms with Crippen molar-refractivity contribution in [2.24, 2.45) is 0 Å². The topological polar surface area (TPSA) is 85.2 Å². The van der Waals surface area contributed by atoms with Crippen molar-refractivity contribution in [2.45, 2.75) is 18.5 Å². The summed E-state index contributed by atoms with van der Waals surface area (Å²) in [6.07, 6.45) is 3.06. The molecule has 3 aromatic rings. The third-order valence-corrected chi connectivity index (χ3v) is 5.57. The van der Waals surface area contributed by atoms with Gasteiger partial charge in [0.25, 0.3) is 5.91 Å². The van der Waals surface area contributed by atoms with Gasteiger partial charge >= 0.3 is 0 Å². The number of nitrogens with zero attached hydrogens (tertiary/aromatic N) is 4. The fourth-order valence-electron chi connectivity index (χ4n) is 4.14. The Labute approximate surface area is 168 Å². The van der Waals surface area contributed by atoms with Crippen LogP contribution in [0.5, 0.6) is 11.5 Å². The molecule has 2 aromatic carbocycles. The van der Waals surface area contributed by atoms with Crippen LogP contribution in [0, 0.1) is 11.5 Å². The van der Waals surface area contributed by atoms with Crippen LogP contribution >= 0.6 is 0 Å². The van der Waals surface area contributed by atoms with Crippen molar-refractivity contribution in [1.82, 2.24) is 20.0 Å². The lowest BCUT2D eigenvalue weighted by molar-refractivity contribution is 0.0663. The number of amides is 1. The highest BCUT2D eigenvalue weighted by Gasteiger charge is 2.45. The molecule has 1 aromatic heterocycles. The maximum Gasteiger partial charge on any atom is 0.272 e. The van der Waals surface area contributed by atoms with Gasteiger partial charge in [-0.05, 0) is 36.8 Å². The van der Waals surface area contributed by atoms with Gasteiger partial charge in [-0.2, -0.15) is 10.4 Å². The van der Waals surface area contributed by atoms with E-state index in [1.165, 1.54) is 0 Å². The molecule has 2 bridgehead atoms. The quantitative estimate of drug-likeness (QED) is 0.697. The van der Waals surface area contributed by atoms with Crippen molar-refractivity contribution in [3.8, 4) is 28.9 Å². The van der Waals surface area contributed by atoms with E-state index in [0.29, 0.717) is 30.2 Å². The van der Waals surface area contributed by atoms with E-state index in [4.69, 9.17) is 10.00 Å². The monoisotopic (exact) mass is 385 g/mol. The van der Waals surface area contributed by atoms with Crippen LogP contribution in [0.4, 0.5) is 0 Å². The highest BCUT2D eigenvalue weighted by atomic mass is 16.5. The number of benzene rings is 2. The summed E-state index contributed by atoms with van der Waals surface area (Å²) < 4.78 is 6.01. The molecule has 2 saturated heterocycles. The van der Waals surface area contributed by atoms with Crippen LogP contribution in [-0.2, 0) is 0 Å². The largest absolute Gasteiger partial charge is 0.457 e. The molecule has 2 aliphatic heterocycles. The summed E-state index contributed by atoms with van der Waals surface area (Å²) >= 11 is 0. The molecule has 1 unspecified atom stereocenters. The van der Waals surface area contributed by atoms with Crippen molar-refractivity contribution in [2.75, 3.05) is 13.1 Å². The predicted octanol–water partition coefficient (Wildman–Crippen LogP) is 3.25. The molecule has 7 heteroatoms. The number of piperazine rings is 1. The summed E-state index contributed by atoms with van der Waals surface area (Å²) in [7, 11) is 0. The first-order valence-electron chi connectivity index (χ1n) is 9.58. The Balaban J connectivity index is 1.37. The molecule has 1 amide bonds. The molecule has 0 aliphatic carbocycles. The maximum atomic E-state index is 13.0.